The van der Waals surface area contributed by atoms with E-state index < -0.39 is 11.7 Å². The number of halogens is 3. The Bertz CT molecular complexity index is 823. The molecule has 1 aliphatic rings. The van der Waals surface area contributed by atoms with Crippen LogP contribution in [0.5, 0.6) is 0 Å². The number of carbonyl (C=O) groups excluding carboxylic acids is 1. The summed E-state index contributed by atoms with van der Waals surface area (Å²) in [6, 6.07) is 10.4. The van der Waals surface area contributed by atoms with Crippen molar-refractivity contribution in [3.8, 4) is 0 Å². The minimum Gasteiger partial charge on any atom is -0.331 e. The molecule has 0 aliphatic carbocycles. The molecule has 0 radical (unpaired) electrons. The molecule has 27 heavy (non-hydrogen) atoms. The summed E-state index contributed by atoms with van der Waals surface area (Å²) in [5.41, 5.74) is 1.40. The highest BCUT2D eigenvalue weighted by molar-refractivity contribution is 5.92. The Morgan fingerprint density at radius 3 is 2.44 bits per heavy atom. The first-order valence-electron chi connectivity index (χ1n) is 8.70. The van der Waals surface area contributed by atoms with Gasteiger partial charge in [-0.25, -0.2) is 4.98 Å². The third kappa shape index (κ3) is 4.87. The minimum atomic E-state index is -4.36. The summed E-state index contributed by atoms with van der Waals surface area (Å²) in [5.74, 6) is 0.554. The van der Waals surface area contributed by atoms with Crippen LogP contribution in [0.3, 0.4) is 0 Å². The first-order valence-corrected chi connectivity index (χ1v) is 8.70. The highest BCUT2D eigenvalue weighted by atomic mass is 19.4. The molecule has 2 heterocycles. The fourth-order valence-electron chi connectivity index (χ4n) is 3.00. The number of hydrogen-bond acceptors (Lipinski definition) is 2. The van der Waals surface area contributed by atoms with Gasteiger partial charge in [-0.3, -0.25) is 9.69 Å². The van der Waals surface area contributed by atoms with E-state index in [1.54, 1.807) is 17.1 Å². The lowest BCUT2D eigenvalue weighted by molar-refractivity contribution is -0.367. The Balaban J connectivity index is 1.56. The molecule has 3 rings (SSSR count). The second-order valence-electron chi connectivity index (χ2n) is 6.52. The van der Waals surface area contributed by atoms with E-state index in [0.29, 0.717) is 32.0 Å². The monoisotopic (exact) mass is 376 g/mol. The number of rotatable bonds is 3. The summed E-state index contributed by atoms with van der Waals surface area (Å²) in [5, 5.41) is 0. The summed E-state index contributed by atoms with van der Waals surface area (Å²) in [4.78, 5) is 18.7. The summed E-state index contributed by atoms with van der Waals surface area (Å²) in [6.45, 7) is 4.16. The lowest BCUT2D eigenvalue weighted by Crippen LogP contribution is -2.49. The number of pyridine rings is 1. The second-order valence-corrected chi connectivity index (χ2v) is 6.52. The molecule has 0 bridgehead atoms. The lowest BCUT2D eigenvalue weighted by Gasteiger charge is -2.30. The highest BCUT2D eigenvalue weighted by Crippen LogP contribution is 2.28. The molecule has 1 amide bonds. The predicted molar refractivity (Wildman–Crippen MR) is 97.0 cm³/mol. The summed E-state index contributed by atoms with van der Waals surface area (Å²) in [6.07, 6.45) is -0.0265. The van der Waals surface area contributed by atoms with Gasteiger partial charge in [0.15, 0.2) is 0 Å². The highest BCUT2D eigenvalue weighted by Gasteiger charge is 2.32. The molecule has 1 aliphatic heterocycles. The van der Waals surface area contributed by atoms with Crippen molar-refractivity contribution in [2.45, 2.75) is 13.1 Å². The van der Waals surface area contributed by atoms with Gasteiger partial charge in [0, 0.05) is 12.1 Å². The zero-order valence-corrected chi connectivity index (χ0v) is 15.0. The quantitative estimate of drug-likeness (QED) is 0.772. The maximum absolute atomic E-state index is 12.6. The third-order valence-electron chi connectivity index (χ3n) is 4.52. The molecule has 142 valence electrons. The zero-order chi connectivity index (χ0) is 19.4. The third-order valence-corrected chi connectivity index (χ3v) is 4.52. The zero-order valence-electron chi connectivity index (χ0n) is 15.0. The molecule has 0 spiro atoms. The number of benzene rings is 1. The average Bonchev–Trinajstić information content (AvgIpc) is 2.66. The molecular formula is C20H21F3N3O+. The van der Waals surface area contributed by atoms with Crippen LogP contribution in [-0.2, 0) is 11.0 Å². The van der Waals surface area contributed by atoms with E-state index in [1.165, 1.54) is 6.07 Å². The first-order chi connectivity index (χ1) is 12.8. The Hall–Kier alpha value is -2.83. The number of amides is 1. The van der Waals surface area contributed by atoms with Gasteiger partial charge in [0.2, 0.25) is 5.91 Å². The number of nitrogens with zero attached hydrogens (tertiary/aromatic N) is 2. The molecule has 2 aromatic rings. The summed E-state index contributed by atoms with van der Waals surface area (Å²) < 4.78 is 37.9. The van der Waals surface area contributed by atoms with E-state index in [0.717, 1.165) is 23.4 Å². The van der Waals surface area contributed by atoms with Crippen molar-refractivity contribution in [2.75, 3.05) is 31.1 Å². The van der Waals surface area contributed by atoms with Gasteiger partial charge >= 0.3 is 6.18 Å². The number of piperazine rings is 1. The van der Waals surface area contributed by atoms with Crippen molar-refractivity contribution in [1.82, 2.24) is 4.90 Å². The lowest BCUT2D eigenvalue weighted by atomic mass is 10.1. The molecule has 1 saturated heterocycles. The maximum atomic E-state index is 12.6. The molecule has 1 aromatic carbocycles. The van der Waals surface area contributed by atoms with Crippen LogP contribution in [-0.4, -0.2) is 37.0 Å². The molecule has 1 aromatic heterocycles. The van der Waals surface area contributed by atoms with Gasteiger partial charge in [-0.2, -0.15) is 13.2 Å². The first kappa shape index (κ1) is 18.9. The van der Waals surface area contributed by atoms with Crippen LogP contribution in [0, 0.1) is 6.92 Å². The van der Waals surface area contributed by atoms with Crippen molar-refractivity contribution < 1.29 is 22.9 Å². The van der Waals surface area contributed by atoms with Crippen molar-refractivity contribution in [3.05, 3.63) is 65.4 Å². The molecule has 0 atom stereocenters. The van der Waals surface area contributed by atoms with E-state index in [4.69, 9.17) is 0 Å². The van der Waals surface area contributed by atoms with E-state index in [9.17, 15) is 18.0 Å². The van der Waals surface area contributed by atoms with Gasteiger partial charge in [-0.15, -0.1) is 0 Å². The molecule has 4 nitrogen and oxygen atoms in total. The largest absolute Gasteiger partial charge is 0.419 e. The van der Waals surface area contributed by atoms with Gasteiger partial charge < -0.3 is 4.90 Å². The Kier molecular flexibility index (Phi) is 5.48. The second kappa shape index (κ2) is 7.82. The normalized spacial score (nSPS) is 15.4. The number of anilines is 1. The van der Waals surface area contributed by atoms with Crippen LogP contribution < -0.4 is 9.88 Å². The fraction of sp³-hybridized carbons (Fsp3) is 0.300. The van der Waals surface area contributed by atoms with Crippen molar-refractivity contribution in [2.24, 2.45) is 0 Å². The number of aryl methyl sites for hydroxylation is 1. The van der Waals surface area contributed by atoms with Crippen LogP contribution in [0.2, 0.25) is 0 Å². The molecule has 0 unspecified atom stereocenters. The molecular weight excluding hydrogens is 355 g/mol. The van der Waals surface area contributed by atoms with E-state index in [-0.39, 0.29) is 5.91 Å². The Morgan fingerprint density at radius 2 is 1.85 bits per heavy atom. The van der Waals surface area contributed by atoms with Crippen LogP contribution >= 0.6 is 0 Å². The molecule has 1 fully saturated rings. The summed E-state index contributed by atoms with van der Waals surface area (Å²) >= 11 is 0. The van der Waals surface area contributed by atoms with Crippen LogP contribution in [0.25, 0.3) is 6.08 Å². The van der Waals surface area contributed by atoms with Gasteiger partial charge in [-0.1, -0.05) is 29.8 Å². The molecule has 7 heteroatoms. The van der Waals surface area contributed by atoms with Crippen LogP contribution in [0.1, 0.15) is 16.7 Å². The molecule has 0 saturated carbocycles. The SMILES string of the molecule is Cc1cccc(/C=C/C(=O)N2CCN(c3ccc(C(F)(F)F)c[nH+]3)CC2)c1. The van der Waals surface area contributed by atoms with Gasteiger partial charge in [0.25, 0.3) is 5.82 Å². The number of alkyl halides is 3. The standard InChI is InChI=1S/C20H20F3N3O/c1-15-3-2-4-16(13-15)5-8-19(27)26-11-9-25(10-12-26)18-7-6-17(14-24-18)20(21,22)23/h2-8,13-14H,9-12H2,1H3/p+1/b8-5+. The fourth-order valence-corrected chi connectivity index (χ4v) is 3.00. The average molecular weight is 376 g/mol. The number of nitrogens with one attached hydrogen (secondary N) is 1. The minimum absolute atomic E-state index is 0.0624. The number of aromatic nitrogens is 1. The Labute approximate surface area is 155 Å². The maximum Gasteiger partial charge on any atom is 0.419 e. The van der Waals surface area contributed by atoms with Gasteiger partial charge in [0.05, 0.1) is 18.7 Å². The number of carbonyl (C=O) groups is 1. The van der Waals surface area contributed by atoms with Crippen molar-refractivity contribution >= 4 is 17.8 Å². The Morgan fingerprint density at radius 1 is 1.11 bits per heavy atom. The number of aromatic amines is 1. The molecule has 1 N–H and O–H groups in total. The van der Waals surface area contributed by atoms with E-state index in [2.05, 4.69) is 4.98 Å². The van der Waals surface area contributed by atoms with Gasteiger partial charge in [0.1, 0.15) is 19.3 Å². The van der Waals surface area contributed by atoms with Crippen LogP contribution in [0.15, 0.2) is 48.7 Å². The van der Waals surface area contributed by atoms with E-state index >= 15 is 0 Å². The predicted octanol–water partition coefficient (Wildman–Crippen LogP) is 3.19. The number of H-pyrrole nitrogens is 1. The van der Waals surface area contributed by atoms with Crippen molar-refractivity contribution in [3.63, 3.8) is 0 Å². The topological polar surface area (TPSA) is 37.7 Å². The summed E-state index contributed by atoms with van der Waals surface area (Å²) in [7, 11) is 0. The van der Waals surface area contributed by atoms with Crippen molar-refractivity contribution in [1.29, 1.82) is 0 Å². The van der Waals surface area contributed by atoms with Gasteiger partial charge in [-0.05, 0) is 24.6 Å². The smallest absolute Gasteiger partial charge is 0.331 e. The van der Waals surface area contributed by atoms with E-state index in [1.807, 2.05) is 36.1 Å². The number of hydrogen-bond donors (Lipinski definition) is 0. The van der Waals surface area contributed by atoms with Crippen LogP contribution in [0.4, 0.5) is 19.0 Å².